The van der Waals surface area contributed by atoms with Crippen LogP contribution in [0.25, 0.3) is 0 Å². The Morgan fingerprint density at radius 2 is 1.88 bits per heavy atom. The minimum atomic E-state index is 0.388. The average molecular weight is 372 g/mol. The van der Waals surface area contributed by atoms with Gasteiger partial charge in [0.2, 0.25) is 0 Å². The largest absolute Gasteiger partial charge is 0.495 e. The summed E-state index contributed by atoms with van der Waals surface area (Å²) in [4.78, 5) is 0. The number of nitrogens with one attached hydrogen (secondary N) is 2. The molecule has 0 amide bonds. The van der Waals surface area contributed by atoms with Crippen LogP contribution in [0, 0.1) is 5.92 Å². The highest BCUT2D eigenvalue weighted by Crippen LogP contribution is 2.22. The van der Waals surface area contributed by atoms with Gasteiger partial charge in [0.25, 0.3) is 0 Å². The SMILES string of the molecule is COc1ccccc1NC(=S)N/N=C/c1ccc(OCCC(C)C)cc1. The molecule has 2 aromatic rings. The zero-order valence-electron chi connectivity index (χ0n) is 15.4. The maximum absolute atomic E-state index is 5.70. The molecule has 0 fully saturated rings. The standard InChI is InChI=1S/C20H25N3O2S/c1-15(2)12-13-25-17-10-8-16(9-11-17)14-21-23-20(26)22-18-6-4-5-7-19(18)24-3/h4-11,14-15H,12-13H2,1-3H3,(H2,22,23,26)/b21-14+. The van der Waals surface area contributed by atoms with Crippen molar-refractivity contribution in [2.75, 3.05) is 19.0 Å². The van der Waals surface area contributed by atoms with E-state index in [4.69, 9.17) is 21.7 Å². The summed E-state index contributed by atoms with van der Waals surface area (Å²) in [5, 5.41) is 7.59. The van der Waals surface area contributed by atoms with E-state index in [0.717, 1.165) is 30.0 Å². The highest BCUT2D eigenvalue weighted by Gasteiger charge is 2.02. The van der Waals surface area contributed by atoms with E-state index < -0.39 is 0 Å². The summed E-state index contributed by atoms with van der Waals surface area (Å²) in [6, 6.07) is 15.3. The second kappa shape index (κ2) is 10.4. The first kappa shape index (κ1) is 19.7. The first-order chi connectivity index (χ1) is 12.6. The maximum Gasteiger partial charge on any atom is 0.191 e. The Hall–Kier alpha value is -2.60. The van der Waals surface area contributed by atoms with E-state index >= 15 is 0 Å². The van der Waals surface area contributed by atoms with Crippen LogP contribution >= 0.6 is 12.2 Å². The quantitative estimate of drug-likeness (QED) is 0.408. The molecule has 0 aliphatic rings. The van der Waals surface area contributed by atoms with Crippen molar-refractivity contribution in [2.24, 2.45) is 11.0 Å². The molecule has 0 unspecified atom stereocenters. The van der Waals surface area contributed by atoms with Gasteiger partial charge in [-0.15, -0.1) is 0 Å². The lowest BCUT2D eigenvalue weighted by atomic mass is 10.1. The molecule has 2 rings (SSSR count). The molecule has 0 saturated heterocycles. The van der Waals surface area contributed by atoms with Crippen LogP contribution in [0.3, 0.4) is 0 Å². The number of benzene rings is 2. The van der Waals surface area contributed by atoms with E-state index in [1.807, 2.05) is 48.5 Å². The van der Waals surface area contributed by atoms with Gasteiger partial charge < -0.3 is 14.8 Å². The third-order valence-corrected chi connectivity index (χ3v) is 3.77. The van der Waals surface area contributed by atoms with Gasteiger partial charge in [0.1, 0.15) is 11.5 Å². The average Bonchev–Trinajstić information content (AvgIpc) is 2.63. The van der Waals surface area contributed by atoms with Gasteiger partial charge in [0, 0.05) is 0 Å². The molecule has 2 aromatic carbocycles. The molecular formula is C20H25N3O2S. The van der Waals surface area contributed by atoms with E-state index in [1.54, 1.807) is 13.3 Å². The smallest absolute Gasteiger partial charge is 0.191 e. The van der Waals surface area contributed by atoms with Crippen molar-refractivity contribution in [3.63, 3.8) is 0 Å². The van der Waals surface area contributed by atoms with Crippen molar-refractivity contribution in [3.05, 3.63) is 54.1 Å². The Balaban J connectivity index is 1.81. The third-order valence-electron chi connectivity index (χ3n) is 3.58. The third kappa shape index (κ3) is 6.72. The van der Waals surface area contributed by atoms with Gasteiger partial charge in [-0.05, 0) is 66.5 Å². The molecule has 6 heteroatoms. The minimum Gasteiger partial charge on any atom is -0.495 e. The number of ether oxygens (including phenoxy) is 2. The highest BCUT2D eigenvalue weighted by molar-refractivity contribution is 7.80. The lowest BCUT2D eigenvalue weighted by Gasteiger charge is -2.10. The summed E-state index contributed by atoms with van der Waals surface area (Å²) in [6.07, 6.45) is 2.75. The number of thiocarbonyl (C=S) groups is 1. The number of hydrogen-bond donors (Lipinski definition) is 2. The summed E-state index contributed by atoms with van der Waals surface area (Å²) in [5.41, 5.74) is 4.53. The van der Waals surface area contributed by atoms with Gasteiger partial charge >= 0.3 is 0 Å². The van der Waals surface area contributed by atoms with Gasteiger partial charge in [-0.3, -0.25) is 5.43 Å². The summed E-state index contributed by atoms with van der Waals surface area (Å²) in [5.74, 6) is 2.22. The molecule has 0 atom stereocenters. The lowest BCUT2D eigenvalue weighted by Crippen LogP contribution is -2.24. The van der Waals surface area contributed by atoms with Gasteiger partial charge in [0.05, 0.1) is 25.6 Å². The number of rotatable bonds is 8. The molecule has 2 N–H and O–H groups in total. The zero-order chi connectivity index (χ0) is 18.8. The summed E-state index contributed by atoms with van der Waals surface area (Å²) < 4.78 is 11.0. The first-order valence-electron chi connectivity index (χ1n) is 8.54. The van der Waals surface area contributed by atoms with Gasteiger partial charge in [-0.25, -0.2) is 0 Å². The summed E-state index contributed by atoms with van der Waals surface area (Å²) in [6.45, 7) is 5.10. The van der Waals surface area contributed by atoms with Crippen LogP contribution in [0.1, 0.15) is 25.8 Å². The molecule has 138 valence electrons. The molecule has 0 aromatic heterocycles. The molecule has 0 aliphatic heterocycles. The highest BCUT2D eigenvalue weighted by atomic mass is 32.1. The predicted molar refractivity (Wildman–Crippen MR) is 111 cm³/mol. The number of methoxy groups -OCH3 is 1. The van der Waals surface area contributed by atoms with Crippen molar-refractivity contribution in [3.8, 4) is 11.5 Å². The molecule has 26 heavy (non-hydrogen) atoms. The monoisotopic (exact) mass is 371 g/mol. The fraction of sp³-hybridized carbons (Fsp3) is 0.300. The number of hydrazone groups is 1. The Morgan fingerprint density at radius 1 is 1.15 bits per heavy atom. The lowest BCUT2D eigenvalue weighted by molar-refractivity contribution is 0.289. The molecule has 0 saturated carbocycles. The molecule has 0 heterocycles. The van der Waals surface area contributed by atoms with E-state index in [-0.39, 0.29) is 0 Å². The zero-order valence-corrected chi connectivity index (χ0v) is 16.2. The van der Waals surface area contributed by atoms with Crippen molar-refractivity contribution < 1.29 is 9.47 Å². The predicted octanol–water partition coefficient (Wildman–Crippen LogP) is 4.44. The van der Waals surface area contributed by atoms with E-state index in [2.05, 4.69) is 29.7 Å². The van der Waals surface area contributed by atoms with Crippen LogP contribution in [-0.4, -0.2) is 25.0 Å². The Labute approximate surface area is 160 Å². The second-order valence-corrected chi connectivity index (χ2v) is 6.53. The Morgan fingerprint density at radius 3 is 2.58 bits per heavy atom. The van der Waals surface area contributed by atoms with Crippen LogP contribution in [0.2, 0.25) is 0 Å². The number of nitrogens with zero attached hydrogens (tertiary/aromatic N) is 1. The first-order valence-corrected chi connectivity index (χ1v) is 8.95. The van der Waals surface area contributed by atoms with Crippen molar-refractivity contribution in [2.45, 2.75) is 20.3 Å². The van der Waals surface area contributed by atoms with Gasteiger partial charge in [-0.1, -0.05) is 26.0 Å². The van der Waals surface area contributed by atoms with Crippen LogP contribution in [0.4, 0.5) is 5.69 Å². The molecule has 0 radical (unpaired) electrons. The van der Waals surface area contributed by atoms with Crippen LogP contribution < -0.4 is 20.2 Å². The van der Waals surface area contributed by atoms with E-state index in [0.29, 0.717) is 16.8 Å². The number of para-hydroxylation sites is 2. The van der Waals surface area contributed by atoms with Crippen LogP contribution in [0.15, 0.2) is 53.6 Å². The summed E-state index contributed by atoms with van der Waals surface area (Å²) in [7, 11) is 1.62. The molecule has 5 nitrogen and oxygen atoms in total. The van der Waals surface area contributed by atoms with Gasteiger partial charge in [-0.2, -0.15) is 5.10 Å². The molecule has 0 bridgehead atoms. The molecule has 0 spiro atoms. The molecule has 0 aliphatic carbocycles. The topological polar surface area (TPSA) is 54.9 Å². The Kier molecular flexibility index (Phi) is 7.89. The number of hydrogen-bond acceptors (Lipinski definition) is 4. The fourth-order valence-electron chi connectivity index (χ4n) is 2.13. The van der Waals surface area contributed by atoms with Crippen molar-refractivity contribution in [1.29, 1.82) is 0 Å². The second-order valence-electron chi connectivity index (χ2n) is 6.12. The van der Waals surface area contributed by atoms with Crippen molar-refractivity contribution in [1.82, 2.24) is 5.43 Å². The van der Waals surface area contributed by atoms with E-state index in [1.165, 1.54) is 0 Å². The molecular weight excluding hydrogens is 346 g/mol. The normalized spacial score (nSPS) is 10.8. The van der Waals surface area contributed by atoms with Crippen molar-refractivity contribution >= 4 is 29.2 Å². The minimum absolute atomic E-state index is 0.388. The van der Waals surface area contributed by atoms with Gasteiger partial charge in [0.15, 0.2) is 5.11 Å². The fourth-order valence-corrected chi connectivity index (χ4v) is 2.29. The maximum atomic E-state index is 5.70. The van der Waals surface area contributed by atoms with E-state index in [9.17, 15) is 0 Å². The number of anilines is 1. The van der Waals surface area contributed by atoms with Crippen LogP contribution in [-0.2, 0) is 0 Å². The summed E-state index contributed by atoms with van der Waals surface area (Å²) >= 11 is 5.24. The van der Waals surface area contributed by atoms with Crippen LogP contribution in [0.5, 0.6) is 11.5 Å². The Bertz CT molecular complexity index is 730.